The summed E-state index contributed by atoms with van der Waals surface area (Å²) in [4.78, 5) is 1.51. The van der Waals surface area contributed by atoms with Gasteiger partial charge in [-0.15, -0.1) is 4.80 Å². The third kappa shape index (κ3) is 0.990. The minimum absolute atomic E-state index is 0.780. The van der Waals surface area contributed by atoms with E-state index in [-0.39, 0.29) is 0 Å². The first-order chi connectivity index (χ1) is 5.77. The van der Waals surface area contributed by atoms with Gasteiger partial charge in [0.25, 0.3) is 0 Å². The Bertz CT molecular complexity index is 372. The Morgan fingerprint density at radius 2 is 1.92 bits per heavy atom. The van der Waals surface area contributed by atoms with Crippen LogP contribution in [0.3, 0.4) is 0 Å². The molecule has 0 N–H and O–H groups in total. The van der Waals surface area contributed by atoms with Crippen LogP contribution in [0.15, 0.2) is 18.6 Å². The highest BCUT2D eigenvalue weighted by Crippen LogP contribution is 2.06. The highest BCUT2D eigenvalue weighted by Gasteiger charge is 2.05. The third-order valence-corrected chi connectivity index (χ3v) is 1.59. The van der Waals surface area contributed by atoms with Crippen molar-refractivity contribution in [1.29, 1.82) is 0 Å². The molecule has 5 nitrogen and oxygen atoms in total. The van der Waals surface area contributed by atoms with Crippen LogP contribution in [0.25, 0.3) is 5.82 Å². The summed E-state index contributed by atoms with van der Waals surface area (Å²) in [5.74, 6) is 0.780. The summed E-state index contributed by atoms with van der Waals surface area (Å²) in [7, 11) is 1.88. The third-order valence-electron chi connectivity index (χ3n) is 1.59. The van der Waals surface area contributed by atoms with E-state index in [1.165, 1.54) is 4.80 Å². The fourth-order valence-electron chi connectivity index (χ4n) is 1.12. The van der Waals surface area contributed by atoms with Gasteiger partial charge in [0.1, 0.15) is 0 Å². The van der Waals surface area contributed by atoms with Gasteiger partial charge in [0.2, 0.25) is 0 Å². The van der Waals surface area contributed by atoms with E-state index in [1.807, 2.05) is 20.2 Å². The van der Waals surface area contributed by atoms with Gasteiger partial charge < -0.3 is 0 Å². The van der Waals surface area contributed by atoms with Gasteiger partial charge >= 0.3 is 0 Å². The summed E-state index contributed by atoms with van der Waals surface area (Å²) in [5, 5.41) is 12.2. The number of aryl methyl sites for hydroxylation is 2. The molecule has 2 heterocycles. The SMILES string of the molecule is Cc1cn(C)nc1-n1nccn1. The van der Waals surface area contributed by atoms with Crippen LogP contribution in [-0.2, 0) is 7.05 Å². The van der Waals surface area contributed by atoms with Crippen molar-refractivity contribution in [3.63, 3.8) is 0 Å². The number of aromatic nitrogens is 5. The Morgan fingerprint density at radius 3 is 2.42 bits per heavy atom. The van der Waals surface area contributed by atoms with E-state index in [9.17, 15) is 0 Å². The molecule has 0 saturated carbocycles. The van der Waals surface area contributed by atoms with Gasteiger partial charge in [-0.2, -0.15) is 15.3 Å². The summed E-state index contributed by atoms with van der Waals surface area (Å²) in [6.07, 6.45) is 5.20. The molecule has 0 fully saturated rings. The molecule has 0 aromatic carbocycles. The van der Waals surface area contributed by atoms with Crippen LogP contribution in [0.2, 0.25) is 0 Å². The molecule has 2 aromatic rings. The zero-order chi connectivity index (χ0) is 8.55. The summed E-state index contributed by atoms with van der Waals surface area (Å²) in [5.41, 5.74) is 1.06. The first kappa shape index (κ1) is 7.02. The molecule has 0 spiro atoms. The zero-order valence-electron chi connectivity index (χ0n) is 6.97. The molecule has 0 aliphatic rings. The summed E-state index contributed by atoms with van der Waals surface area (Å²) in [6.45, 7) is 1.98. The maximum atomic E-state index is 4.21. The van der Waals surface area contributed by atoms with Crippen LogP contribution >= 0.6 is 0 Å². The smallest absolute Gasteiger partial charge is 0.198 e. The van der Waals surface area contributed by atoms with Crippen molar-refractivity contribution >= 4 is 0 Å². The van der Waals surface area contributed by atoms with E-state index in [0.717, 1.165) is 11.4 Å². The second-order valence-corrected chi connectivity index (χ2v) is 2.63. The molecular weight excluding hydrogens is 154 g/mol. The molecule has 0 amide bonds. The predicted molar refractivity (Wildman–Crippen MR) is 42.9 cm³/mol. The first-order valence-electron chi connectivity index (χ1n) is 3.64. The van der Waals surface area contributed by atoms with Crippen molar-refractivity contribution in [3.05, 3.63) is 24.2 Å². The van der Waals surface area contributed by atoms with Gasteiger partial charge in [-0.3, -0.25) is 4.68 Å². The largest absolute Gasteiger partial charge is 0.273 e. The van der Waals surface area contributed by atoms with Crippen LogP contribution in [0.4, 0.5) is 0 Å². The monoisotopic (exact) mass is 163 g/mol. The summed E-state index contributed by atoms with van der Waals surface area (Å²) in [6, 6.07) is 0. The topological polar surface area (TPSA) is 48.5 Å². The van der Waals surface area contributed by atoms with Gasteiger partial charge in [0.05, 0.1) is 12.4 Å². The molecule has 0 radical (unpaired) electrons. The summed E-state index contributed by atoms with van der Waals surface area (Å²) >= 11 is 0. The molecule has 0 aliphatic carbocycles. The van der Waals surface area contributed by atoms with Crippen LogP contribution < -0.4 is 0 Å². The van der Waals surface area contributed by atoms with Gasteiger partial charge in [-0.25, -0.2) is 0 Å². The van der Waals surface area contributed by atoms with Crippen molar-refractivity contribution in [2.45, 2.75) is 6.92 Å². The maximum absolute atomic E-state index is 4.21. The molecular formula is C7H9N5. The van der Waals surface area contributed by atoms with Crippen LogP contribution in [0.5, 0.6) is 0 Å². The average Bonchev–Trinajstić information content (AvgIpc) is 2.58. The molecule has 62 valence electrons. The molecule has 12 heavy (non-hydrogen) atoms. The fraction of sp³-hybridized carbons (Fsp3) is 0.286. The molecule has 0 atom stereocenters. The second kappa shape index (κ2) is 2.44. The highest BCUT2D eigenvalue weighted by atomic mass is 15.5. The lowest BCUT2D eigenvalue weighted by Gasteiger charge is -1.92. The van der Waals surface area contributed by atoms with Crippen molar-refractivity contribution < 1.29 is 0 Å². The lowest BCUT2D eigenvalue weighted by atomic mass is 10.4. The van der Waals surface area contributed by atoms with Crippen molar-refractivity contribution in [2.24, 2.45) is 7.05 Å². The Labute approximate surface area is 69.6 Å². The molecule has 2 rings (SSSR count). The molecule has 0 bridgehead atoms. The van der Waals surface area contributed by atoms with Crippen molar-refractivity contribution in [2.75, 3.05) is 0 Å². The highest BCUT2D eigenvalue weighted by molar-refractivity contribution is 5.27. The van der Waals surface area contributed by atoms with Crippen LogP contribution in [0.1, 0.15) is 5.56 Å². The number of nitrogens with zero attached hydrogens (tertiary/aromatic N) is 5. The molecule has 0 aliphatic heterocycles. The lowest BCUT2D eigenvalue weighted by Crippen LogP contribution is -2.01. The van der Waals surface area contributed by atoms with E-state index < -0.39 is 0 Å². The van der Waals surface area contributed by atoms with E-state index in [1.54, 1.807) is 17.1 Å². The standard InChI is InChI=1S/C7H9N5/c1-6-5-11(2)10-7(6)12-8-3-4-9-12/h3-5H,1-2H3. The molecule has 2 aromatic heterocycles. The van der Waals surface area contributed by atoms with Crippen LogP contribution in [-0.4, -0.2) is 24.8 Å². The van der Waals surface area contributed by atoms with Crippen LogP contribution in [0, 0.1) is 6.92 Å². The minimum atomic E-state index is 0.780. The normalized spacial score (nSPS) is 10.5. The van der Waals surface area contributed by atoms with E-state index >= 15 is 0 Å². The van der Waals surface area contributed by atoms with Crippen molar-refractivity contribution in [3.8, 4) is 5.82 Å². The molecule has 0 saturated heterocycles. The Kier molecular flexibility index (Phi) is 1.43. The average molecular weight is 163 g/mol. The van der Waals surface area contributed by atoms with E-state index in [0.29, 0.717) is 0 Å². The van der Waals surface area contributed by atoms with Gasteiger partial charge in [-0.1, -0.05) is 0 Å². The lowest BCUT2D eigenvalue weighted by molar-refractivity contribution is 0.683. The Hall–Kier alpha value is -1.65. The van der Waals surface area contributed by atoms with Gasteiger partial charge in [0.15, 0.2) is 5.82 Å². The quantitative estimate of drug-likeness (QED) is 0.607. The summed E-state index contributed by atoms with van der Waals surface area (Å²) < 4.78 is 1.74. The molecule has 5 heteroatoms. The predicted octanol–water partition coefficient (Wildman–Crippen LogP) is 0.309. The first-order valence-corrected chi connectivity index (χ1v) is 3.64. The fourth-order valence-corrected chi connectivity index (χ4v) is 1.12. The minimum Gasteiger partial charge on any atom is -0.273 e. The van der Waals surface area contributed by atoms with Gasteiger partial charge in [0, 0.05) is 18.8 Å². The number of hydrogen-bond donors (Lipinski definition) is 0. The van der Waals surface area contributed by atoms with E-state index in [2.05, 4.69) is 15.3 Å². The van der Waals surface area contributed by atoms with Gasteiger partial charge in [-0.05, 0) is 6.92 Å². The Morgan fingerprint density at radius 1 is 1.25 bits per heavy atom. The second-order valence-electron chi connectivity index (χ2n) is 2.63. The number of hydrogen-bond acceptors (Lipinski definition) is 3. The Balaban J connectivity index is 2.54. The number of rotatable bonds is 1. The van der Waals surface area contributed by atoms with E-state index in [4.69, 9.17) is 0 Å². The zero-order valence-corrected chi connectivity index (χ0v) is 6.97. The van der Waals surface area contributed by atoms with Crippen molar-refractivity contribution in [1.82, 2.24) is 24.8 Å². The maximum Gasteiger partial charge on any atom is 0.198 e. The molecule has 0 unspecified atom stereocenters.